The molecule has 0 saturated heterocycles. The van der Waals surface area contributed by atoms with Crippen LogP contribution in [0.3, 0.4) is 0 Å². The van der Waals surface area contributed by atoms with Crippen LogP contribution in [-0.2, 0) is 0 Å². The Kier molecular flexibility index (Phi) is 8.58. The molecule has 1 aliphatic rings. The number of hydrogen-bond acceptors (Lipinski definition) is 2. The molecule has 1 rings (SSSR count). The number of hydrogen-bond donors (Lipinski definition) is 1. The van der Waals surface area contributed by atoms with E-state index in [9.17, 15) is 0 Å². The summed E-state index contributed by atoms with van der Waals surface area (Å²) in [7, 11) is 0. The Labute approximate surface area is 133 Å². The molecule has 2 unspecified atom stereocenters. The first-order chi connectivity index (χ1) is 10.1. The van der Waals surface area contributed by atoms with Gasteiger partial charge < -0.3 is 5.32 Å². The fourth-order valence-corrected chi connectivity index (χ4v) is 3.90. The highest BCUT2D eigenvalue weighted by Crippen LogP contribution is 2.32. The predicted octanol–water partition coefficient (Wildman–Crippen LogP) is 4.76. The van der Waals surface area contributed by atoms with Crippen LogP contribution >= 0.6 is 0 Å². The Bertz CT molecular complexity index is 307. The van der Waals surface area contributed by atoms with Gasteiger partial charge in [0.1, 0.15) is 0 Å². The second-order valence-corrected chi connectivity index (χ2v) is 6.65. The Morgan fingerprint density at radius 3 is 2.43 bits per heavy atom. The highest BCUT2D eigenvalue weighted by atomic mass is 15.2. The third-order valence-corrected chi connectivity index (χ3v) is 5.37. The van der Waals surface area contributed by atoms with Crippen LogP contribution in [0, 0.1) is 0 Å². The third-order valence-electron chi connectivity index (χ3n) is 5.37. The average molecular weight is 295 g/mol. The zero-order valence-corrected chi connectivity index (χ0v) is 15.2. The Hall–Kier alpha value is -0.340. The molecule has 0 fully saturated rings. The van der Waals surface area contributed by atoms with Crippen molar-refractivity contribution in [3.63, 3.8) is 0 Å². The van der Waals surface area contributed by atoms with Crippen LogP contribution in [0.15, 0.2) is 11.6 Å². The van der Waals surface area contributed by atoms with E-state index in [1.807, 2.05) is 0 Å². The van der Waals surface area contributed by atoms with Crippen molar-refractivity contribution < 1.29 is 0 Å². The van der Waals surface area contributed by atoms with Gasteiger partial charge in [-0.05, 0) is 65.1 Å². The van der Waals surface area contributed by atoms with Crippen molar-refractivity contribution in [2.45, 2.75) is 91.1 Å². The summed E-state index contributed by atoms with van der Waals surface area (Å²) < 4.78 is 0. The normalized spacial score (nSPS) is 20.8. The summed E-state index contributed by atoms with van der Waals surface area (Å²) in [6, 6.07) is 0.514. The van der Waals surface area contributed by atoms with E-state index in [0.717, 1.165) is 19.6 Å². The lowest BCUT2D eigenvalue weighted by atomic mass is 9.81. The standard InChI is InChI=1S/C19H38N2/c1-6-16-20-18(17-14-12-10-11-13-15-17)19(5,7-2)21(8-3)9-4/h14,18,20H,6-13,15-16H2,1-5H3. The van der Waals surface area contributed by atoms with Crippen molar-refractivity contribution in [3.8, 4) is 0 Å². The minimum absolute atomic E-state index is 0.231. The van der Waals surface area contributed by atoms with Gasteiger partial charge in [-0.1, -0.05) is 45.8 Å². The second kappa shape index (κ2) is 9.63. The Balaban J connectivity index is 3.04. The van der Waals surface area contributed by atoms with E-state index in [1.54, 1.807) is 5.57 Å². The van der Waals surface area contributed by atoms with Crippen LogP contribution in [0.5, 0.6) is 0 Å². The van der Waals surface area contributed by atoms with Crippen molar-refractivity contribution in [2.24, 2.45) is 0 Å². The van der Waals surface area contributed by atoms with Gasteiger partial charge in [-0.25, -0.2) is 0 Å². The van der Waals surface area contributed by atoms with Crippen molar-refractivity contribution in [1.82, 2.24) is 10.2 Å². The molecule has 0 amide bonds. The molecule has 2 atom stereocenters. The molecule has 0 aliphatic heterocycles. The van der Waals surface area contributed by atoms with E-state index >= 15 is 0 Å². The van der Waals surface area contributed by atoms with Gasteiger partial charge >= 0.3 is 0 Å². The first kappa shape index (κ1) is 18.7. The molecule has 124 valence electrons. The molecule has 2 nitrogen and oxygen atoms in total. The molecule has 0 aromatic carbocycles. The average Bonchev–Trinajstić information content (AvgIpc) is 2.78. The molecule has 0 radical (unpaired) electrons. The quantitative estimate of drug-likeness (QED) is 0.617. The fraction of sp³-hybridized carbons (Fsp3) is 0.895. The van der Waals surface area contributed by atoms with Crippen molar-refractivity contribution >= 4 is 0 Å². The number of nitrogens with zero attached hydrogens (tertiary/aromatic N) is 1. The van der Waals surface area contributed by atoms with E-state index in [4.69, 9.17) is 0 Å². The summed E-state index contributed by atoms with van der Waals surface area (Å²) >= 11 is 0. The molecule has 0 spiro atoms. The van der Waals surface area contributed by atoms with Crippen LogP contribution in [0.2, 0.25) is 0 Å². The number of likely N-dealkylation sites (N-methyl/N-ethyl adjacent to an activating group) is 1. The minimum atomic E-state index is 0.231. The van der Waals surface area contributed by atoms with Crippen LogP contribution in [0.25, 0.3) is 0 Å². The molecule has 1 N–H and O–H groups in total. The number of nitrogens with one attached hydrogen (secondary N) is 1. The van der Waals surface area contributed by atoms with Crippen LogP contribution < -0.4 is 5.32 Å². The summed E-state index contributed by atoms with van der Waals surface area (Å²) in [5, 5.41) is 3.90. The molecule has 0 aromatic rings. The highest BCUT2D eigenvalue weighted by Gasteiger charge is 2.38. The molecule has 21 heavy (non-hydrogen) atoms. The fourth-order valence-electron chi connectivity index (χ4n) is 3.90. The lowest BCUT2D eigenvalue weighted by molar-refractivity contribution is 0.0813. The molecule has 0 aromatic heterocycles. The lowest BCUT2D eigenvalue weighted by Gasteiger charge is -2.47. The maximum atomic E-state index is 3.90. The molecule has 0 heterocycles. The molecule has 1 aliphatic carbocycles. The van der Waals surface area contributed by atoms with Gasteiger partial charge in [-0.15, -0.1) is 0 Å². The number of rotatable bonds is 9. The molecule has 0 bridgehead atoms. The van der Waals surface area contributed by atoms with Gasteiger partial charge in [0, 0.05) is 11.6 Å². The maximum absolute atomic E-state index is 3.90. The summed E-state index contributed by atoms with van der Waals surface area (Å²) in [6.45, 7) is 15.1. The zero-order valence-electron chi connectivity index (χ0n) is 15.2. The smallest absolute Gasteiger partial charge is 0.0463 e. The number of allylic oxidation sites excluding steroid dienone is 1. The predicted molar refractivity (Wildman–Crippen MR) is 94.9 cm³/mol. The van der Waals surface area contributed by atoms with Gasteiger partial charge in [0.25, 0.3) is 0 Å². The first-order valence-electron chi connectivity index (χ1n) is 9.31. The second-order valence-electron chi connectivity index (χ2n) is 6.65. The minimum Gasteiger partial charge on any atom is -0.309 e. The largest absolute Gasteiger partial charge is 0.309 e. The highest BCUT2D eigenvalue weighted by molar-refractivity contribution is 5.20. The summed E-state index contributed by atoms with van der Waals surface area (Å²) in [5.74, 6) is 0. The zero-order chi connectivity index (χ0) is 15.7. The SMILES string of the molecule is CCCNC(C1=CCCCCC1)C(C)(CC)N(CC)CC. The van der Waals surface area contributed by atoms with E-state index in [2.05, 4.69) is 50.9 Å². The Morgan fingerprint density at radius 2 is 1.86 bits per heavy atom. The van der Waals surface area contributed by atoms with Crippen LogP contribution in [0.4, 0.5) is 0 Å². The molecular formula is C19H38N2. The van der Waals surface area contributed by atoms with Crippen LogP contribution in [-0.4, -0.2) is 36.1 Å². The van der Waals surface area contributed by atoms with Gasteiger partial charge in [0.15, 0.2) is 0 Å². The van der Waals surface area contributed by atoms with E-state index in [-0.39, 0.29) is 5.54 Å². The Morgan fingerprint density at radius 1 is 1.14 bits per heavy atom. The molecular weight excluding hydrogens is 256 g/mol. The van der Waals surface area contributed by atoms with Crippen molar-refractivity contribution in [2.75, 3.05) is 19.6 Å². The van der Waals surface area contributed by atoms with Gasteiger partial charge in [0.2, 0.25) is 0 Å². The van der Waals surface area contributed by atoms with Crippen molar-refractivity contribution in [1.29, 1.82) is 0 Å². The third kappa shape index (κ3) is 4.82. The summed E-state index contributed by atoms with van der Waals surface area (Å²) in [5.41, 5.74) is 1.91. The van der Waals surface area contributed by atoms with Gasteiger partial charge in [0.05, 0.1) is 0 Å². The van der Waals surface area contributed by atoms with Gasteiger partial charge in [-0.3, -0.25) is 4.90 Å². The van der Waals surface area contributed by atoms with E-state index < -0.39 is 0 Å². The summed E-state index contributed by atoms with van der Waals surface area (Å²) in [4.78, 5) is 2.66. The topological polar surface area (TPSA) is 15.3 Å². The molecule has 0 saturated carbocycles. The van der Waals surface area contributed by atoms with Crippen molar-refractivity contribution in [3.05, 3.63) is 11.6 Å². The van der Waals surface area contributed by atoms with E-state index in [0.29, 0.717) is 6.04 Å². The monoisotopic (exact) mass is 294 g/mol. The lowest BCUT2D eigenvalue weighted by Crippen LogP contribution is -2.60. The summed E-state index contributed by atoms with van der Waals surface area (Å²) in [6.07, 6.45) is 11.7. The molecule has 2 heteroatoms. The van der Waals surface area contributed by atoms with E-state index in [1.165, 1.54) is 44.9 Å². The van der Waals surface area contributed by atoms with Crippen LogP contribution in [0.1, 0.15) is 79.6 Å². The maximum Gasteiger partial charge on any atom is 0.0463 e. The van der Waals surface area contributed by atoms with Gasteiger partial charge in [-0.2, -0.15) is 0 Å². The first-order valence-corrected chi connectivity index (χ1v) is 9.31.